The van der Waals surface area contributed by atoms with Crippen molar-refractivity contribution < 1.29 is 12.8 Å². The summed E-state index contributed by atoms with van der Waals surface area (Å²) in [7, 11) is -3.50. The Balaban J connectivity index is 1.56. The Labute approximate surface area is 150 Å². The number of aromatic nitrogens is 2. The molecule has 0 unspecified atom stereocenters. The van der Waals surface area contributed by atoms with Crippen LogP contribution in [0.3, 0.4) is 0 Å². The lowest BCUT2D eigenvalue weighted by molar-refractivity contribution is 0.502. The van der Waals surface area contributed by atoms with Crippen molar-refractivity contribution in [3.63, 3.8) is 0 Å². The molecule has 0 saturated carbocycles. The van der Waals surface area contributed by atoms with E-state index in [4.69, 9.17) is 16.0 Å². The first kappa shape index (κ1) is 17.6. The zero-order valence-electron chi connectivity index (χ0n) is 13.2. The molecule has 0 amide bonds. The van der Waals surface area contributed by atoms with E-state index in [2.05, 4.69) is 14.9 Å². The topological polar surface area (TPSA) is 85.1 Å². The summed E-state index contributed by atoms with van der Waals surface area (Å²) in [4.78, 5) is 0. The van der Waals surface area contributed by atoms with E-state index in [1.165, 1.54) is 0 Å². The third kappa shape index (κ3) is 4.88. The lowest BCUT2D eigenvalue weighted by Gasteiger charge is -2.07. The summed E-state index contributed by atoms with van der Waals surface area (Å²) in [6, 6.07) is 16.2. The van der Waals surface area contributed by atoms with Gasteiger partial charge in [-0.05, 0) is 23.8 Å². The van der Waals surface area contributed by atoms with Gasteiger partial charge in [-0.1, -0.05) is 48.0 Å². The van der Waals surface area contributed by atoms with Gasteiger partial charge in [0, 0.05) is 23.6 Å². The fourth-order valence-corrected chi connectivity index (χ4v) is 3.69. The first-order valence-corrected chi connectivity index (χ1v) is 9.65. The molecule has 6 nitrogen and oxygen atoms in total. The first-order valence-electron chi connectivity index (χ1n) is 7.62. The molecule has 1 aromatic heterocycles. The predicted octanol–water partition coefficient (Wildman–Crippen LogP) is 3.05. The van der Waals surface area contributed by atoms with E-state index in [-0.39, 0.29) is 12.3 Å². The van der Waals surface area contributed by atoms with Crippen LogP contribution >= 0.6 is 11.6 Å². The van der Waals surface area contributed by atoms with Crippen LogP contribution in [-0.4, -0.2) is 25.2 Å². The summed E-state index contributed by atoms with van der Waals surface area (Å²) in [5, 5.41) is 8.34. The molecule has 0 bridgehead atoms. The van der Waals surface area contributed by atoms with Crippen molar-refractivity contribution in [3.05, 3.63) is 71.1 Å². The Morgan fingerprint density at radius 2 is 1.72 bits per heavy atom. The Bertz CT molecular complexity index is 943. The first-order chi connectivity index (χ1) is 12.0. The number of halogens is 1. The van der Waals surface area contributed by atoms with Crippen LogP contribution in [0.2, 0.25) is 5.02 Å². The molecule has 0 aliphatic heterocycles. The SMILES string of the molecule is O=S(=O)(Cc1ccccc1Cl)NCCc1nnc(-c2ccccc2)o1. The van der Waals surface area contributed by atoms with Crippen LogP contribution in [0.4, 0.5) is 0 Å². The minimum atomic E-state index is -3.50. The van der Waals surface area contributed by atoms with Crippen LogP contribution in [0, 0.1) is 0 Å². The molecule has 25 heavy (non-hydrogen) atoms. The number of nitrogens with one attached hydrogen (secondary N) is 1. The van der Waals surface area contributed by atoms with Crippen molar-refractivity contribution in [3.8, 4) is 11.5 Å². The summed E-state index contributed by atoms with van der Waals surface area (Å²) in [6.45, 7) is 0.170. The fourth-order valence-electron chi connectivity index (χ4n) is 2.24. The summed E-state index contributed by atoms with van der Waals surface area (Å²) < 4.78 is 32.3. The zero-order valence-corrected chi connectivity index (χ0v) is 14.8. The Morgan fingerprint density at radius 1 is 1.00 bits per heavy atom. The quantitative estimate of drug-likeness (QED) is 0.684. The molecule has 130 valence electrons. The molecule has 0 fully saturated rings. The van der Waals surface area contributed by atoms with Gasteiger partial charge in [-0.15, -0.1) is 10.2 Å². The number of nitrogens with zero attached hydrogens (tertiary/aromatic N) is 2. The minimum Gasteiger partial charge on any atom is -0.421 e. The number of benzene rings is 2. The van der Waals surface area contributed by atoms with Gasteiger partial charge >= 0.3 is 0 Å². The Morgan fingerprint density at radius 3 is 2.48 bits per heavy atom. The molecular weight excluding hydrogens is 362 g/mol. The smallest absolute Gasteiger partial charge is 0.247 e. The lowest BCUT2D eigenvalue weighted by atomic mass is 10.2. The van der Waals surface area contributed by atoms with E-state index < -0.39 is 10.0 Å². The minimum absolute atomic E-state index is 0.170. The van der Waals surface area contributed by atoms with E-state index in [1.807, 2.05) is 30.3 Å². The van der Waals surface area contributed by atoms with Crippen molar-refractivity contribution in [2.75, 3.05) is 6.54 Å². The van der Waals surface area contributed by atoms with Gasteiger partial charge in [0.2, 0.25) is 21.8 Å². The maximum absolute atomic E-state index is 12.1. The molecule has 0 spiro atoms. The van der Waals surface area contributed by atoms with E-state index in [9.17, 15) is 8.42 Å². The number of rotatable bonds is 7. The van der Waals surface area contributed by atoms with Crippen LogP contribution in [0.25, 0.3) is 11.5 Å². The standard InChI is InChI=1S/C17H16ClN3O3S/c18-15-9-5-4-8-14(15)12-25(22,23)19-11-10-16-20-21-17(24-16)13-6-2-1-3-7-13/h1-9,19H,10-12H2. The highest BCUT2D eigenvalue weighted by Crippen LogP contribution is 2.18. The van der Waals surface area contributed by atoms with Gasteiger partial charge in [-0.2, -0.15) is 0 Å². The number of sulfonamides is 1. The highest BCUT2D eigenvalue weighted by molar-refractivity contribution is 7.88. The molecular formula is C17H16ClN3O3S. The van der Waals surface area contributed by atoms with Gasteiger partial charge < -0.3 is 4.42 Å². The third-order valence-corrected chi connectivity index (χ3v) is 5.16. The van der Waals surface area contributed by atoms with Crippen molar-refractivity contribution in [1.82, 2.24) is 14.9 Å². The van der Waals surface area contributed by atoms with Crippen LogP contribution in [-0.2, 0) is 22.2 Å². The molecule has 0 radical (unpaired) electrons. The van der Waals surface area contributed by atoms with Crippen LogP contribution in [0.5, 0.6) is 0 Å². The van der Waals surface area contributed by atoms with Gasteiger partial charge in [-0.25, -0.2) is 13.1 Å². The average molecular weight is 378 g/mol. The number of hydrogen-bond acceptors (Lipinski definition) is 5. The lowest BCUT2D eigenvalue weighted by Crippen LogP contribution is -2.27. The van der Waals surface area contributed by atoms with Gasteiger partial charge in [0.15, 0.2) is 0 Å². The van der Waals surface area contributed by atoms with E-state index >= 15 is 0 Å². The van der Waals surface area contributed by atoms with Gasteiger partial charge in [0.1, 0.15) is 0 Å². The van der Waals surface area contributed by atoms with Gasteiger partial charge in [0.05, 0.1) is 5.75 Å². The van der Waals surface area contributed by atoms with Crippen molar-refractivity contribution >= 4 is 21.6 Å². The third-order valence-electron chi connectivity index (χ3n) is 3.45. The van der Waals surface area contributed by atoms with E-state index in [0.717, 1.165) is 5.56 Å². The van der Waals surface area contributed by atoms with Crippen molar-refractivity contribution in [2.24, 2.45) is 0 Å². The highest BCUT2D eigenvalue weighted by atomic mass is 35.5. The predicted molar refractivity (Wildman–Crippen MR) is 95.5 cm³/mol. The monoisotopic (exact) mass is 377 g/mol. The molecule has 8 heteroatoms. The van der Waals surface area contributed by atoms with E-state index in [0.29, 0.717) is 28.8 Å². The maximum atomic E-state index is 12.1. The summed E-state index contributed by atoms with van der Waals surface area (Å²) >= 11 is 6.00. The molecule has 0 aliphatic rings. The van der Waals surface area contributed by atoms with Crippen LogP contribution in [0.15, 0.2) is 59.0 Å². The fraction of sp³-hybridized carbons (Fsp3) is 0.176. The Kier molecular flexibility index (Phi) is 5.47. The van der Waals surface area contributed by atoms with Gasteiger partial charge in [0.25, 0.3) is 0 Å². The molecule has 0 saturated heterocycles. The maximum Gasteiger partial charge on any atom is 0.247 e. The van der Waals surface area contributed by atoms with Gasteiger partial charge in [-0.3, -0.25) is 0 Å². The van der Waals surface area contributed by atoms with Crippen LogP contribution < -0.4 is 4.72 Å². The summed E-state index contributed by atoms with van der Waals surface area (Å²) in [5.41, 5.74) is 1.38. The molecule has 1 N–H and O–H groups in total. The molecule has 0 atom stereocenters. The molecule has 3 aromatic rings. The molecule has 3 rings (SSSR count). The number of hydrogen-bond donors (Lipinski definition) is 1. The van der Waals surface area contributed by atoms with Crippen molar-refractivity contribution in [1.29, 1.82) is 0 Å². The average Bonchev–Trinajstić information content (AvgIpc) is 3.06. The zero-order chi connectivity index (χ0) is 17.7. The second-order valence-corrected chi connectivity index (χ2v) is 7.58. The van der Waals surface area contributed by atoms with Crippen molar-refractivity contribution in [2.45, 2.75) is 12.2 Å². The Hall–Kier alpha value is -2.22. The largest absolute Gasteiger partial charge is 0.421 e. The highest BCUT2D eigenvalue weighted by Gasteiger charge is 2.14. The summed E-state index contributed by atoms with van der Waals surface area (Å²) in [5.74, 6) is 0.611. The second kappa shape index (κ2) is 7.77. The van der Waals surface area contributed by atoms with E-state index in [1.54, 1.807) is 24.3 Å². The summed E-state index contributed by atoms with van der Waals surface area (Å²) in [6.07, 6.45) is 0.307. The second-order valence-electron chi connectivity index (χ2n) is 5.36. The molecule has 0 aliphatic carbocycles. The molecule has 1 heterocycles. The molecule has 2 aromatic carbocycles. The van der Waals surface area contributed by atoms with Crippen LogP contribution in [0.1, 0.15) is 11.5 Å². The normalized spacial score (nSPS) is 11.6.